The molecule has 0 saturated heterocycles. The third-order valence-corrected chi connectivity index (χ3v) is 9.95. The molecule has 5 nitrogen and oxygen atoms in total. The van der Waals surface area contributed by atoms with Gasteiger partial charge in [0.1, 0.15) is 22.3 Å². The number of nitrogens with zero attached hydrogens (tertiary/aromatic N) is 2. The van der Waals surface area contributed by atoms with E-state index in [1.165, 1.54) is 6.92 Å². The number of amides is 1. The first-order chi connectivity index (χ1) is 20.1. The third-order valence-electron chi connectivity index (χ3n) is 7.99. The third kappa shape index (κ3) is 6.04. The SMILES string of the molecule is COc1ccc(-c2ccc(C(C)=O)cc2)cc1CN(C(=O)c1sc2c(F)ccc(F)c2c1Cl)C1CCC(N(C)Cl)CC1. The number of thiophene rings is 1. The largest absolute Gasteiger partial charge is 0.496 e. The van der Waals surface area contributed by atoms with Crippen LogP contribution in [0.2, 0.25) is 5.02 Å². The van der Waals surface area contributed by atoms with Crippen LogP contribution >= 0.6 is 34.7 Å². The molecule has 0 atom stereocenters. The first kappa shape index (κ1) is 30.4. The van der Waals surface area contributed by atoms with Gasteiger partial charge < -0.3 is 9.64 Å². The molecule has 0 radical (unpaired) electrons. The molecule has 0 N–H and O–H groups in total. The van der Waals surface area contributed by atoms with Crippen molar-refractivity contribution in [3.8, 4) is 16.9 Å². The molecule has 3 aromatic carbocycles. The zero-order valence-electron chi connectivity index (χ0n) is 23.4. The molecule has 10 heteroatoms. The highest BCUT2D eigenvalue weighted by Crippen LogP contribution is 2.41. The monoisotopic (exact) mass is 630 g/mol. The van der Waals surface area contributed by atoms with Crippen molar-refractivity contribution in [2.24, 2.45) is 0 Å². The fourth-order valence-electron chi connectivity index (χ4n) is 5.62. The number of hydrogen-bond donors (Lipinski definition) is 0. The van der Waals surface area contributed by atoms with Crippen molar-refractivity contribution >= 4 is 56.5 Å². The Bertz CT molecular complexity index is 1630. The van der Waals surface area contributed by atoms with Gasteiger partial charge in [0.05, 0.1) is 22.2 Å². The Morgan fingerprint density at radius 1 is 0.952 bits per heavy atom. The molecule has 1 saturated carbocycles. The van der Waals surface area contributed by atoms with Crippen molar-refractivity contribution in [3.05, 3.63) is 87.3 Å². The normalized spacial score (nSPS) is 17.0. The summed E-state index contributed by atoms with van der Waals surface area (Å²) < 4.78 is 36.7. The Kier molecular flexibility index (Phi) is 9.18. The van der Waals surface area contributed by atoms with Crippen molar-refractivity contribution in [3.63, 3.8) is 0 Å². The second-order valence-electron chi connectivity index (χ2n) is 10.6. The van der Waals surface area contributed by atoms with Crippen molar-refractivity contribution in [1.29, 1.82) is 0 Å². The highest BCUT2D eigenvalue weighted by atomic mass is 35.5. The van der Waals surface area contributed by atoms with Gasteiger partial charge in [0.15, 0.2) is 5.78 Å². The Labute approximate surface area is 257 Å². The average Bonchev–Trinajstić information content (AvgIpc) is 3.35. The molecule has 1 aromatic heterocycles. The summed E-state index contributed by atoms with van der Waals surface area (Å²) in [5.74, 6) is -1.10. The van der Waals surface area contributed by atoms with E-state index in [1.54, 1.807) is 28.6 Å². The lowest BCUT2D eigenvalue weighted by Crippen LogP contribution is -2.44. The fourth-order valence-corrected chi connectivity index (χ4v) is 7.32. The van der Waals surface area contributed by atoms with Crippen LogP contribution in [0.15, 0.2) is 54.6 Å². The molecular formula is C32H30Cl2F2N2O3S. The van der Waals surface area contributed by atoms with E-state index in [4.69, 9.17) is 28.1 Å². The first-order valence-corrected chi connectivity index (χ1v) is 15.2. The summed E-state index contributed by atoms with van der Waals surface area (Å²) in [7, 11) is 3.40. The van der Waals surface area contributed by atoms with Gasteiger partial charge in [-0.2, -0.15) is 0 Å². The molecule has 0 spiro atoms. The number of carbonyl (C=O) groups is 2. The van der Waals surface area contributed by atoms with E-state index in [2.05, 4.69) is 0 Å². The number of hydrogen-bond acceptors (Lipinski definition) is 5. The summed E-state index contributed by atoms with van der Waals surface area (Å²) in [6, 6.07) is 15.2. The molecule has 0 unspecified atom stereocenters. The molecule has 5 rings (SSSR count). The second kappa shape index (κ2) is 12.7. The summed E-state index contributed by atoms with van der Waals surface area (Å²) in [6.45, 7) is 1.72. The smallest absolute Gasteiger partial charge is 0.266 e. The Morgan fingerprint density at radius 3 is 2.17 bits per heavy atom. The summed E-state index contributed by atoms with van der Waals surface area (Å²) in [5.41, 5.74) is 3.19. The molecule has 1 heterocycles. The Morgan fingerprint density at radius 2 is 1.57 bits per heavy atom. The van der Waals surface area contributed by atoms with Gasteiger partial charge in [-0.1, -0.05) is 41.9 Å². The molecule has 0 aliphatic heterocycles. The van der Waals surface area contributed by atoms with Gasteiger partial charge in [0.2, 0.25) is 0 Å². The minimum atomic E-state index is -0.672. The topological polar surface area (TPSA) is 49.9 Å². The molecule has 1 fully saturated rings. The van der Waals surface area contributed by atoms with Gasteiger partial charge in [-0.15, -0.1) is 11.3 Å². The summed E-state index contributed by atoms with van der Waals surface area (Å²) in [6.07, 6.45) is 2.98. The van der Waals surface area contributed by atoms with Gasteiger partial charge in [0.25, 0.3) is 5.91 Å². The van der Waals surface area contributed by atoms with Crippen molar-refractivity contribution < 1.29 is 23.1 Å². The maximum atomic E-state index is 14.7. The molecule has 1 amide bonds. The Hall–Kier alpha value is -3.04. The molecule has 42 heavy (non-hydrogen) atoms. The van der Waals surface area contributed by atoms with E-state index in [0.717, 1.165) is 53.0 Å². The van der Waals surface area contributed by atoms with E-state index in [9.17, 15) is 18.4 Å². The summed E-state index contributed by atoms with van der Waals surface area (Å²) in [4.78, 5) is 27.8. The first-order valence-electron chi connectivity index (χ1n) is 13.6. The van der Waals surface area contributed by atoms with E-state index in [1.807, 2.05) is 37.4 Å². The molecule has 1 aliphatic carbocycles. The number of ether oxygens (including phenoxy) is 1. The van der Waals surface area contributed by atoms with Crippen LogP contribution in [0.1, 0.15) is 58.2 Å². The number of ketones is 1. The van der Waals surface area contributed by atoms with Crippen molar-refractivity contribution in [1.82, 2.24) is 9.32 Å². The van der Waals surface area contributed by atoms with E-state index >= 15 is 0 Å². The molecule has 1 aliphatic rings. The van der Waals surface area contributed by atoms with Crippen LogP contribution < -0.4 is 4.74 Å². The summed E-state index contributed by atoms with van der Waals surface area (Å²) >= 11 is 13.7. The fraction of sp³-hybridized carbons (Fsp3) is 0.312. The van der Waals surface area contributed by atoms with Gasteiger partial charge in [-0.25, -0.2) is 13.2 Å². The minimum absolute atomic E-state index is 0.0131. The van der Waals surface area contributed by atoms with Crippen molar-refractivity contribution in [2.45, 2.75) is 51.2 Å². The molecule has 220 valence electrons. The zero-order chi connectivity index (χ0) is 30.1. The van der Waals surface area contributed by atoms with E-state index in [-0.39, 0.29) is 50.3 Å². The summed E-state index contributed by atoms with van der Waals surface area (Å²) in [5, 5.41) is -0.159. The van der Waals surface area contributed by atoms with Crippen LogP contribution in [-0.4, -0.2) is 47.3 Å². The number of methoxy groups -OCH3 is 1. The van der Waals surface area contributed by atoms with E-state index < -0.39 is 11.6 Å². The predicted octanol–water partition coefficient (Wildman–Crippen LogP) is 8.75. The zero-order valence-corrected chi connectivity index (χ0v) is 25.8. The maximum Gasteiger partial charge on any atom is 0.266 e. The van der Waals surface area contributed by atoms with Crippen molar-refractivity contribution in [2.75, 3.05) is 14.2 Å². The number of halogens is 4. The number of carbonyl (C=O) groups excluding carboxylic acids is 2. The van der Waals surface area contributed by atoms with Crippen LogP contribution in [0.25, 0.3) is 21.2 Å². The molecule has 4 aromatic rings. The standard InChI is InChI=1S/C32H30Cl2F2N2O3S/c1-18(39)19-4-6-20(7-5-19)21-8-15-27(41-3)22(16-21)17-38(24-11-9-23(10-12-24)37(2)34)32(40)31-29(33)28-25(35)13-14-26(36)30(28)42-31/h4-8,13-16,23-24H,9-12,17H2,1-3H3. The van der Waals surface area contributed by atoms with E-state index in [0.29, 0.717) is 24.2 Å². The average molecular weight is 632 g/mol. The highest BCUT2D eigenvalue weighted by molar-refractivity contribution is 7.21. The number of fused-ring (bicyclic) bond motifs is 1. The van der Waals surface area contributed by atoms with Crippen LogP contribution in [0.3, 0.4) is 0 Å². The number of rotatable bonds is 8. The molecule has 0 bridgehead atoms. The van der Waals surface area contributed by atoms with Gasteiger partial charge in [0, 0.05) is 36.8 Å². The van der Waals surface area contributed by atoms with Crippen LogP contribution in [0, 0.1) is 11.6 Å². The quantitative estimate of drug-likeness (QED) is 0.144. The van der Waals surface area contributed by atoms with Gasteiger partial charge >= 0.3 is 0 Å². The lowest BCUT2D eigenvalue weighted by atomic mass is 9.89. The lowest BCUT2D eigenvalue weighted by Gasteiger charge is -2.38. The van der Waals surface area contributed by atoms with Crippen LogP contribution in [0.4, 0.5) is 8.78 Å². The number of benzene rings is 3. The lowest BCUT2D eigenvalue weighted by molar-refractivity contribution is 0.0589. The van der Waals surface area contributed by atoms with Crippen LogP contribution in [0.5, 0.6) is 5.75 Å². The molecular weight excluding hydrogens is 601 g/mol. The predicted molar refractivity (Wildman–Crippen MR) is 165 cm³/mol. The minimum Gasteiger partial charge on any atom is -0.496 e. The van der Waals surface area contributed by atoms with Gasteiger partial charge in [-0.3, -0.25) is 9.59 Å². The number of Topliss-reactive ketones (excluding diaryl/α,β-unsaturated/α-hetero) is 1. The van der Waals surface area contributed by atoms with Gasteiger partial charge in [-0.05, 0) is 79.8 Å². The highest BCUT2D eigenvalue weighted by Gasteiger charge is 2.34. The second-order valence-corrected chi connectivity index (χ2v) is 12.5. The maximum absolute atomic E-state index is 14.7. The Balaban J connectivity index is 1.54. The van der Waals surface area contributed by atoms with Crippen LogP contribution in [-0.2, 0) is 6.54 Å².